The second-order valence-electron chi connectivity index (χ2n) is 3.93. The Labute approximate surface area is 112 Å². The molecule has 0 saturated heterocycles. The van der Waals surface area contributed by atoms with Gasteiger partial charge in [-0.15, -0.1) is 0 Å². The predicted octanol–water partition coefficient (Wildman–Crippen LogP) is 3.08. The first-order valence-corrected chi connectivity index (χ1v) is 6.19. The fourth-order valence-electron chi connectivity index (χ4n) is 1.61. The highest BCUT2D eigenvalue weighted by atomic mass is 32.2. The van der Waals surface area contributed by atoms with Crippen molar-refractivity contribution in [3.8, 4) is 0 Å². The highest BCUT2D eigenvalue weighted by molar-refractivity contribution is 7.99. The Bertz CT molecular complexity index is 581. The molecular formula is C12H11F3N2OS. The number of aliphatic hydroxyl groups excluding tert-OH is 1. The summed E-state index contributed by atoms with van der Waals surface area (Å²) in [5.74, 6) is 0. The molecule has 0 radical (unpaired) electrons. The topological polar surface area (TPSA) is 38.0 Å². The monoisotopic (exact) mass is 288 g/mol. The van der Waals surface area contributed by atoms with E-state index in [0.29, 0.717) is 4.90 Å². The Balaban J connectivity index is 2.32. The van der Waals surface area contributed by atoms with Gasteiger partial charge in [-0.3, -0.25) is 4.68 Å². The van der Waals surface area contributed by atoms with E-state index in [-0.39, 0.29) is 5.56 Å². The van der Waals surface area contributed by atoms with Crippen molar-refractivity contribution in [3.63, 3.8) is 0 Å². The molecule has 1 aromatic carbocycles. The Morgan fingerprint density at radius 2 is 2.05 bits per heavy atom. The Hall–Kier alpha value is -1.47. The lowest BCUT2D eigenvalue weighted by atomic mass is 10.1. The lowest BCUT2D eigenvalue weighted by molar-refractivity contribution is -0.138. The van der Waals surface area contributed by atoms with Gasteiger partial charge in [-0.05, 0) is 17.7 Å². The van der Waals surface area contributed by atoms with Gasteiger partial charge in [-0.2, -0.15) is 18.3 Å². The minimum Gasteiger partial charge on any atom is -0.392 e. The molecule has 0 aliphatic rings. The molecule has 0 saturated carbocycles. The SMILES string of the molecule is Cn1cc(Sc2ccc(CO)c(C(F)(F)F)c2)cn1. The molecule has 0 aliphatic carbocycles. The number of aryl methyl sites for hydroxylation is 1. The molecule has 0 unspecified atom stereocenters. The molecule has 2 rings (SSSR count). The summed E-state index contributed by atoms with van der Waals surface area (Å²) < 4.78 is 40.0. The van der Waals surface area contributed by atoms with E-state index in [9.17, 15) is 13.2 Å². The number of rotatable bonds is 3. The fraction of sp³-hybridized carbons (Fsp3) is 0.250. The van der Waals surface area contributed by atoms with Crippen LogP contribution in [0.25, 0.3) is 0 Å². The lowest BCUT2D eigenvalue weighted by Gasteiger charge is -2.12. The second-order valence-corrected chi connectivity index (χ2v) is 5.07. The van der Waals surface area contributed by atoms with Crippen molar-refractivity contribution in [1.29, 1.82) is 0 Å². The third kappa shape index (κ3) is 3.30. The van der Waals surface area contributed by atoms with E-state index in [1.54, 1.807) is 30.2 Å². The highest BCUT2D eigenvalue weighted by Gasteiger charge is 2.33. The number of hydrogen-bond donors (Lipinski definition) is 1. The van der Waals surface area contributed by atoms with E-state index in [1.165, 1.54) is 17.8 Å². The van der Waals surface area contributed by atoms with E-state index in [4.69, 9.17) is 5.11 Å². The summed E-state index contributed by atoms with van der Waals surface area (Å²) in [5.41, 5.74) is -0.924. The lowest BCUT2D eigenvalue weighted by Crippen LogP contribution is -2.09. The van der Waals surface area contributed by atoms with Gasteiger partial charge in [0, 0.05) is 18.1 Å². The maximum atomic E-state index is 12.8. The zero-order valence-electron chi connectivity index (χ0n) is 9.98. The first-order chi connectivity index (χ1) is 8.90. The fourth-order valence-corrected chi connectivity index (χ4v) is 2.50. The average Bonchev–Trinajstić information content (AvgIpc) is 2.73. The summed E-state index contributed by atoms with van der Waals surface area (Å²) in [4.78, 5) is 1.21. The quantitative estimate of drug-likeness (QED) is 0.943. The molecule has 102 valence electrons. The summed E-state index contributed by atoms with van der Waals surface area (Å²) in [6, 6.07) is 3.89. The van der Waals surface area contributed by atoms with Gasteiger partial charge in [0.05, 0.1) is 23.3 Å². The zero-order valence-corrected chi connectivity index (χ0v) is 10.8. The largest absolute Gasteiger partial charge is 0.416 e. The molecule has 1 N–H and O–H groups in total. The maximum Gasteiger partial charge on any atom is 0.416 e. The Kier molecular flexibility index (Phi) is 3.86. The molecular weight excluding hydrogens is 277 g/mol. The smallest absolute Gasteiger partial charge is 0.392 e. The Morgan fingerprint density at radius 1 is 1.32 bits per heavy atom. The first kappa shape index (κ1) is 14.0. The van der Waals surface area contributed by atoms with E-state index in [0.717, 1.165) is 11.0 Å². The van der Waals surface area contributed by atoms with Crippen LogP contribution >= 0.6 is 11.8 Å². The molecule has 0 spiro atoms. The van der Waals surface area contributed by atoms with Crippen molar-refractivity contribution in [2.45, 2.75) is 22.6 Å². The minimum atomic E-state index is -4.47. The standard InChI is InChI=1S/C12H11F3N2OS/c1-17-6-10(5-16-17)19-9-3-2-8(7-18)11(4-9)12(13,14)15/h2-6,18H,7H2,1H3. The van der Waals surface area contributed by atoms with Crippen LogP contribution in [0.15, 0.2) is 40.4 Å². The van der Waals surface area contributed by atoms with Gasteiger partial charge in [0.2, 0.25) is 0 Å². The number of nitrogens with zero attached hydrogens (tertiary/aromatic N) is 2. The van der Waals surface area contributed by atoms with Crippen molar-refractivity contribution < 1.29 is 18.3 Å². The van der Waals surface area contributed by atoms with Crippen LogP contribution in [0.3, 0.4) is 0 Å². The summed E-state index contributed by atoms with van der Waals surface area (Å²) in [6.07, 6.45) is -1.17. The van der Waals surface area contributed by atoms with Gasteiger partial charge in [0.1, 0.15) is 0 Å². The number of aliphatic hydroxyl groups is 1. The third-order valence-electron chi connectivity index (χ3n) is 2.47. The summed E-state index contributed by atoms with van der Waals surface area (Å²) >= 11 is 1.19. The van der Waals surface area contributed by atoms with Crippen LogP contribution in [0.5, 0.6) is 0 Å². The van der Waals surface area contributed by atoms with E-state index in [1.807, 2.05) is 0 Å². The molecule has 7 heteroatoms. The molecule has 3 nitrogen and oxygen atoms in total. The van der Waals surface area contributed by atoms with Crippen molar-refractivity contribution in [3.05, 3.63) is 41.7 Å². The number of aromatic nitrogens is 2. The second kappa shape index (κ2) is 5.26. The van der Waals surface area contributed by atoms with Crippen molar-refractivity contribution in [2.75, 3.05) is 0 Å². The normalized spacial score (nSPS) is 11.8. The van der Waals surface area contributed by atoms with Crippen molar-refractivity contribution in [1.82, 2.24) is 9.78 Å². The predicted molar refractivity (Wildman–Crippen MR) is 64.7 cm³/mol. The van der Waals surface area contributed by atoms with Gasteiger partial charge in [0.15, 0.2) is 0 Å². The number of halogens is 3. The molecule has 1 heterocycles. The van der Waals surface area contributed by atoms with Gasteiger partial charge in [0.25, 0.3) is 0 Å². The van der Waals surface area contributed by atoms with Gasteiger partial charge < -0.3 is 5.11 Å². The first-order valence-electron chi connectivity index (χ1n) is 5.37. The molecule has 0 amide bonds. The minimum absolute atomic E-state index is 0.122. The van der Waals surface area contributed by atoms with Crippen LogP contribution in [-0.4, -0.2) is 14.9 Å². The van der Waals surface area contributed by atoms with Crippen LogP contribution < -0.4 is 0 Å². The van der Waals surface area contributed by atoms with Crippen LogP contribution in [0, 0.1) is 0 Å². The van der Waals surface area contributed by atoms with Crippen molar-refractivity contribution >= 4 is 11.8 Å². The van der Waals surface area contributed by atoms with Crippen LogP contribution in [-0.2, 0) is 19.8 Å². The van der Waals surface area contributed by atoms with E-state index >= 15 is 0 Å². The van der Waals surface area contributed by atoms with E-state index < -0.39 is 18.3 Å². The highest BCUT2D eigenvalue weighted by Crippen LogP contribution is 2.36. The van der Waals surface area contributed by atoms with Gasteiger partial charge in [-0.1, -0.05) is 17.8 Å². The summed E-state index contributed by atoms with van der Waals surface area (Å²) in [5, 5.41) is 12.9. The molecule has 0 fully saturated rings. The molecule has 0 aliphatic heterocycles. The zero-order chi connectivity index (χ0) is 14.0. The summed E-state index contributed by atoms with van der Waals surface area (Å²) in [6.45, 7) is -0.632. The van der Waals surface area contributed by atoms with E-state index in [2.05, 4.69) is 5.10 Å². The maximum absolute atomic E-state index is 12.8. The molecule has 19 heavy (non-hydrogen) atoms. The number of alkyl halides is 3. The average molecular weight is 288 g/mol. The van der Waals surface area contributed by atoms with Crippen LogP contribution in [0.1, 0.15) is 11.1 Å². The number of benzene rings is 1. The Morgan fingerprint density at radius 3 is 2.58 bits per heavy atom. The summed E-state index contributed by atoms with van der Waals surface area (Å²) in [7, 11) is 1.74. The van der Waals surface area contributed by atoms with Crippen LogP contribution in [0.4, 0.5) is 13.2 Å². The molecule has 2 aromatic rings. The molecule has 1 aromatic heterocycles. The van der Waals surface area contributed by atoms with Crippen LogP contribution in [0.2, 0.25) is 0 Å². The number of hydrogen-bond acceptors (Lipinski definition) is 3. The molecule has 0 atom stereocenters. The third-order valence-corrected chi connectivity index (χ3v) is 3.41. The van der Waals surface area contributed by atoms with Gasteiger partial charge in [-0.25, -0.2) is 0 Å². The molecule has 0 bridgehead atoms. The van der Waals surface area contributed by atoms with Gasteiger partial charge >= 0.3 is 6.18 Å². The van der Waals surface area contributed by atoms with Crippen molar-refractivity contribution in [2.24, 2.45) is 7.05 Å².